The van der Waals surface area contributed by atoms with Crippen molar-refractivity contribution in [1.82, 2.24) is 15.6 Å². The molecule has 26 heavy (non-hydrogen) atoms. The van der Waals surface area contributed by atoms with Crippen LogP contribution in [-0.4, -0.2) is 37.0 Å². The normalized spacial score (nSPS) is 10.5. The summed E-state index contributed by atoms with van der Waals surface area (Å²) in [6.45, 7) is 5.06. The fourth-order valence-electron chi connectivity index (χ4n) is 2.31. The summed E-state index contributed by atoms with van der Waals surface area (Å²) in [5.41, 5.74) is 1.54. The zero-order valence-corrected chi connectivity index (χ0v) is 15.4. The van der Waals surface area contributed by atoms with E-state index in [9.17, 15) is 9.59 Å². The lowest BCUT2D eigenvalue weighted by Gasteiger charge is -2.09. The van der Waals surface area contributed by atoms with Gasteiger partial charge in [0.25, 0.3) is 11.8 Å². The molecule has 0 unspecified atom stereocenters. The van der Waals surface area contributed by atoms with E-state index in [4.69, 9.17) is 4.74 Å². The number of carbonyl (C=O) groups excluding carboxylic acids is 2. The highest BCUT2D eigenvalue weighted by Crippen LogP contribution is 2.12. The Labute approximate surface area is 154 Å². The summed E-state index contributed by atoms with van der Waals surface area (Å²) in [5.74, 6) is 0.564. The summed E-state index contributed by atoms with van der Waals surface area (Å²) in [6, 6.07) is 12.6. The lowest BCUT2D eigenvalue weighted by atomic mass is 10.1. The van der Waals surface area contributed by atoms with E-state index in [2.05, 4.69) is 15.6 Å². The molecule has 6 heteroatoms. The van der Waals surface area contributed by atoms with Crippen LogP contribution in [0.4, 0.5) is 0 Å². The van der Waals surface area contributed by atoms with Crippen LogP contribution in [0.25, 0.3) is 0 Å². The van der Waals surface area contributed by atoms with Crippen LogP contribution in [0, 0.1) is 5.92 Å². The van der Waals surface area contributed by atoms with Gasteiger partial charge in [0.15, 0.2) is 0 Å². The molecule has 0 aliphatic heterocycles. The number of nitrogens with zero attached hydrogens (tertiary/aromatic N) is 1. The Morgan fingerprint density at radius 3 is 2.35 bits per heavy atom. The third-order valence-corrected chi connectivity index (χ3v) is 3.72. The number of benzene rings is 1. The monoisotopic (exact) mass is 355 g/mol. The summed E-state index contributed by atoms with van der Waals surface area (Å²) in [5, 5.41) is 5.62. The Hall–Kier alpha value is -2.89. The van der Waals surface area contributed by atoms with Crippen molar-refractivity contribution >= 4 is 11.8 Å². The summed E-state index contributed by atoms with van der Waals surface area (Å²) >= 11 is 0. The summed E-state index contributed by atoms with van der Waals surface area (Å²) in [6.07, 6.45) is 0.678. The summed E-state index contributed by atoms with van der Waals surface area (Å²) in [4.78, 5) is 28.5. The quantitative estimate of drug-likeness (QED) is 0.762. The second-order valence-electron chi connectivity index (χ2n) is 6.37. The highest BCUT2D eigenvalue weighted by Gasteiger charge is 2.12. The first-order chi connectivity index (χ1) is 12.5. The molecule has 138 valence electrons. The van der Waals surface area contributed by atoms with E-state index < -0.39 is 0 Å². The molecule has 1 aromatic heterocycles. The van der Waals surface area contributed by atoms with Crippen LogP contribution in [0.15, 0.2) is 42.5 Å². The van der Waals surface area contributed by atoms with E-state index in [1.54, 1.807) is 25.3 Å². The lowest BCUT2D eigenvalue weighted by Crippen LogP contribution is -2.30. The zero-order valence-electron chi connectivity index (χ0n) is 15.4. The van der Waals surface area contributed by atoms with Crippen molar-refractivity contribution in [3.8, 4) is 5.75 Å². The van der Waals surface area contributed by atoms with Crippen LogP contribution >= 0.6 is 0 Å². The minimum atomic E-state index is -0.300. The zero-order chi connectivity index (χ0) is 18.9. The fraction of sp³-hybridized carbons (Fsp3) is 0.350. The molecular weight excluding hydrogens is 330 g/mol. The van der Waals surface area contributed by atoms with Crippen molar-refractivity contribution < 1.29 is 14.3 Å². The number of rotatable bonds is 8. The van der Waals surface area contributed by atoms with E-state index in [-0.39, 0.29) is 23.2 Å². The Morgan fingerprint density at radius 2 is 1.69 bits per heavy atom. The van der Waals surface area contributed by atoms with Crippen molar-refractivity contribution in [2.75, 3.05) is 20.2 Å². The van der Waals surface area contributed by atoms with Crippen molar-refractivity contribution in [3.05, 3.63) is 59.4 Å². The number of pyridine rings is 1. The number of hydrogen-bond donors (Lipinski definition) is 2. The molecule has 0 atom stereocenters. The molecule has 0 spiro atoms. The van der Waals surface area contributed by atoms with Gasteiger partial charge >= 0.3 is 0 Å². The van der Waals surface area contributed by atoms with Crippen LogP contribution in [0.1, 0.15) is 40.4 Å². The van der Waals surface area contributed by atoms with Crippen molar-refractivity contribution in [3.63, 3.8) is 0 Å². The molecule has 0 radical (unpaired) electrons. The number of methoxy groups -OCH3 is 1. The van der Waals surface area contributed by atoms with Gasteiger partial charge in [0, 0.05) is 13.1 Å². The largest absolute Gasteiger partial charge is 0.497 e. The molecule has 6 nitrogen and oxygen atoms in total. The molecule has 0 aliphatic rings. The van der Waals surface area contributed by atoms with Crippen LogP contribution < -0.4 is 15.4 Å². The Kier molecular flexibility index (Phi) is 7.14. The van der Waals surface area contributed by atoms with Gasteiger partial charge < -0.3 is 15.4 Å². The predicted molar refractivity (Wildman–Crippen MR) is 100 cm³/mol. The van der Waals surface area contributed by atoms with Crippen LogP contribution in [0.5, 0.6) is 5.75 Å². The number of aromatic nitrogens is 1. The van der Waals surface area contributed by atoms with E-state index in [0.717, 1.165) is 11.3 Å². The van der Waals surface area contributed by atoms with Gasteiger partial charge in [-0.05, 0) is 42.2 Å². The Balaban J connectivity index is 1.90. The van der Waals surface area contributed by atoms with E-state index in [1.165, 1.54) is 0 Å². The van der Waals surface area contributed by atoms with Gasteiger partial charge in [-0.1, -0.05) is 32.0 Å². The van der Waals surface area contributed by atoms with E-state index in [1.807, 2.05) is 38.1 Å². The molecule has 0 aliphatic carbocycles. The second-order valence-corrected chi connectivity index (χ2v) is 6.37. The fourth-order valence-corrected chi connectivity index (χ4v) is 2.31. The van der Waals surface area contributed by atoms with Crippen molar-refractivity contribution in [2.45, 2.75) is 20.3 Å². The van der Waals surface area contributed by atoms with Crippen molar-refractivity contribution in [1.29, 1.82) is 0 Å². The van der Waals surface area contributed by atoms with E-state index >= 15 is 0 Å². The maximum Gasteiger partial charge on any atom is 0.269 e. The van der Waals surface area contributed by atoms with Crippen LogP contribution in [0.2, 0.25) is 0 Å². The van der Waals surface area contributed by atoms with Crippen LogP contribution in [-0.2, 0) is 6.42 Å². The van der Waals surface area contributed by atoms with E-state index in [0.29, 0.717) is 25.4 Å². The molecule has 1 heterocycles. The molecule has 2 rings (SSSR count). The minimum absolute atomic E-state index is 0.229. The average Bonchev–Trinajstić information content (AvgIpc) is 2.66. The van der Waals surface area contributed by atoms with Gasteiger partial charge in [-0.25, -0.2) is 4.98 Å². The van der Waals surface area contributed by atoms with Gasteiger partial charge in [-0.15, -0.1) is 0 Å². The lowest BCUT2D eigenvalue weighted by molar-refractivity contribution is 0.0941. The van der Waals surface area contributed by atoms with Gasteiger partial charge in [0.1, 0.15) is 17.1 Å². The predicted octanol–water partition coefficient (Wildman–Crippen LogP) is 2.45. The maximum atomic E-state index is 12.3. The summed E-state index contributed by atoms with van der Waals surface area (Å²) in [7, 11) is 1.62. The number of carbonyl (C=O) groups is 2. The van der Waals surface area contributed by atoms with Gasteiger partial charge in [0.2, 0.25) is 0 Å². The summed E-state index contributed by atoms with van der Waals surface area (Å²) < 4.78 is 5.19. The topological polar surface area (TPSA) is 80.3 Å². The molecule has 2 N–H and O–H groups in total. The number of nitrogens with one attached hydrogen (secondary N) is 2. The number of amides is 2. The first-order valence-electron chi connectivity index (χ1n) is 8.66. The average molecular weight is 355 g/mol. The minimum Gasteiger partial charge on any atom is -0.497 e. The Morgan fingerprint density at radius 1 is 1.04 bits per heavy atom. The maximum absolute atomic E-state index is 12.3. The first-order valence-corrected chi connectivity index (χ1v) is 8.66. The third-order valence-electron chi connectivity index (χ3n) is 3.72. The molecule has 0 saturated carbocycles. The van der Waals surface area contributed by atoms with Crippen molar-refractivity contribution in [2.24, 2.45) is 5.92 Å². The molecular formula is C20H25N3O3. The smallest absolute Gasteiger partial charge is 0.269 e. The standard InChI is InChI=1S/C20H25N3O3/c1-14(2)13-22-20(25)18-9-5-8-17(23-18)19(24)21-11-10-15-6-4-7-16(12-15)26-3/h4-9,12,14H,10-11,13H2,1-3H3,(H,21,24)(H,22,25). The van der Waals surface area contributed by atoms with Gasteiger partial charge in [-0.2, -0.15) is 0 Å². The Bertz CT molecular complexity index is 759. The highest BCUT2D eigenvalue weighted by molar-refractivity contribution is 5.96. The number of hydrogen-bond acceptors (Lipinski definition) is 4. The molecule has 2 amide bonds. The second kappa shape index (κ2) is 9.56. The molecule has 0 bridgehead atoms. The third kappa shape index (κ3) is 5.88. The highest BCUT2D eigenvalue weighted by atomic mass is 16.5. The molecule has 0 saturated heterocycles. The SMILES string of the molecule is COc1cccc(CCNC(=O)c2cccc(C(=O)NCC(C)C)n2)c1. The molecule has 0 fully saturated rings. The number of ether oxygens (including phenoxy) is 1. The molecule has 1 aromatic carbocycles. The van der Waals surface area contributed by atoms with Gasteiger partial charge in [0.05, 0.1) is 7.11 Å². The van der Waals surface area contributed by atoms with Crippen LogP contribution in [0.3, 0.4) is 0 Å². The first kappa shape index (κ1) is 19.4. The van der Waals surface area contributed by atoms with Gasteiger partial charge in [-0.3, -0.25) is 9.59 Å². The molecule has 2 aromatic rings.